The van der Waals surface area contributed by atoms with E-state index in [-0.39, 0.29) is 18.0 Å². The molecule has 0 aromatic heterocycles. The number of hydrogen-bond acceptors (Lipinski definition) is 6. The Kier molecular flexibility index (Phi) is 10.5. The van der Waals surface area contributed by atoms with E-state index in [2.05, 4.69) is 13.6 Å². The van der Waals surface area contributed by atoms with E-state index >= 15 is 0 Å². The van der Waals surface area contributed by atoms with Crippen molar-refractivity contribution in [2.45, 2.75) is 0 Å². The summed E-state index contributed by atoms with van der Waals surface area (Å²) in [6.07, 6.45) is -3.13. The molecule has 0 rings (SSSR count). The molecule has 0 radical (unpaired) electrons. The Morgan fingerprint density at radius 2 is 1.00 bits per heavy atom. The minimum Gasteiger partial charge on any atom is -0.358 e. The molecule has 13 heteroatoms. The van der Waals surface area contributed by atoms with Crippen molar-refractivity contribution < 1.29 is 28.0 Å². The second-order valence-electron chi connectivity index (χ2n) is 2.29. The first-order valence-electron chi connectivity index (χ1n) is 4.38. The third-order valence-corrected chi connectivity index (χ3v) is 2.45. The summed E-state index contributed by atoms with van der Waals surface area (Å²) in [7, 11) is -2.63. The van der Waals surface area contributed by atoms with Crippen molar-refractivity contribution in [3.05, 3.63) is 0 Å². The van der Waals surface area contributed by atoms with Gasteiger partial charge in [-0.3, -0.25) is 0 Å². The topological polar surface area (TPSA) is 115 Å². The van der Waals surface area contributed by atoms with Gasteiger partial charge in [0, 0.05) is 0 Å². The van der Waals surface area contributed by atoms with Gasteiger partial charge in [-0.05, 0) is 0 Å². The lowest BCUT2D eigenvalue weighted by Gasteiger charge is -2.14. The van der Waals surface area contributed by atoms with E-state index in [4.69, 9.17) is 34.8 Å². The zero-order chi connectivity index (χ0) is 14.7. The largest absolute Gasteiger partial charge is 0.540 e. The molecule has 9 nitrogen and oxygen atoms in total. The minimum absolute atomic E-state index is 0.246. The molecule has 0 unspecified atom stereocenters. The normalized spacial score (nSPS) is 9.47. The summed E-state index contributed by atoms with van der Waals surface area (Å²) in [4.78, 5) is 33.2. The first kappa shape index (κ1) is 18.1. The molecule has 19 heavy (non-hydrogen) atoms. The van der Waals surface area contributed by atoms with Crippen LogP contribution in [0.4, 0.5) is 14.4 Å². The molecule has 0 aliphatic heterocycles. The third-order valence-electron chi connectivity index (χ3n) is 1.11. The molecule has 0 atom stereocenters. The molecule has 3 N–H and O–H groups in total. The van der Waals surface area contributed by atoms with Gasteiger partial charge in [0.2, 0.25) is 0 Å². The highest BCUT2D eigenvalue weighted by Crippen LogP contribution is 2.39. The van der Waals surface area contributed by atoms with E-state index in [1.807, 2.05) is 16.0 Å². The molecule has 0 heterocycles. The molecule has 0 aromatic carbocycles. The smallest absolute Gasteiger partial charge is 0.358 e. The van der Waals surface area contributed by atoms with Crippen LogP contribution in [-0.4, -0.2) is 36.3 Å². The average molecular weight is 356 g/mol. The van der Waals surface area contributed by atoms with Crippen LogP contribution in [0.5, 0.6) is 0 Å². The minimum atomic E-state index is -2.63. The van der Waals surface area contributed by atoms with Gasteiger partial charge in [0.1, 0.15) is 0 Å². The van der Waals surface area contributed by atoms with Gasteiger partial charge >= 0.3 is 26.9 Å². The van der Waals surface area contributed by atoms with Crippen LogP contribution in [0.1, 0.15) is 0 Å². The van der Waals surface area contributed by atoms with Gasteiger partial charge in [-0.2, -0.15) is 0 Å². The Morgan fingerprint density at radius 1 is 0.737 bits per heavy atom. The van der Waals surface area contributed by atoms with Crippen molar-refractivity contribution in [1.82, 2.24) is 16.0 Å². The summed E-state index contributed by atoms with van der Waals surface area (Å²) in [5, 5.41) is 6.09. The van der Waals surface area contributed by atoms with Crippen molar-refractivity contribution in [3.63, 3.8) is 0 Å². The standard InChI is InChI=1S/C6H9Cl3N3O6P/c7-1-10-4(13)16-19(17-5(14)11-2-8)18-6(15)12-3-9/h1-3H2,(H,10,13)(H,11,14)(H,12,15). The highest BCUT2D eigenvalue weighted by Gasteiger charge is 2.27. The summed E-state index contributed by atoms with van der Waals surface area (Å²) in [6, 6.07) is -0.739. The van der Waals surface area contributed by atoms with Crippen molar-refractivity contribution in [3.8, 4) is 0 Å². The lowest BCUT2D eigenvalue weighted by atomic mass is 11.1. The predicted molar refractivity (Wildman–Crippen MR) is 67.9 cm³/mol. The lowest BCUT2D eigenvalue weighted by molar-refractivity contribution is 0.161. The average Bonchev–Trinajstić information content (AvgIpc) is 2.29. The number of nitrogens with one attached hydrogen (secondary N) is 3. The Labute approximate surface area is 124 Å². The van der Waals surface area contributed by atoms with Gasteiger partial charge in [0.25, 0.3) is 0 Å². The number of carbonyl (C=O) groups is 3. The number of hydrogen-bond donors (Lipinski definition) is 3. The molecule has 0 fully saturated rings. The van der Waals surface area contributed by atoms with Gasteiger partial charge in [0.15, 0.2) is 0 Å². The number of amides is 3. The fraction of sp³-hybridized carbons (Fsp3) is 0.500. The van der Waals surface area contributed by atoms with E-state index in [1.54, 1.807) is 0 Å². The van der Waals surface area contributed by atoms with Crippen LogP contribution >= 0.6 is 43.4 Å². The summed E-state index contributed by atoms with van der Waals surface area (Å²) in [5.74, 6) is 0. The van der Waals surface area contributed by atoms with Crippen LogP contribution in [0, 0.1) is 0 Å². The molecule has 0 spiro atoms. The van der Waals surface area contributed by atoms with Crippen LogP contribution in [0.2, 0.25) is 0 Å². The zero-order valence-corrected chi connectivity index (χ0v) is 12.3. The van der Waals surface area contributed by atoms with Gasteiger partial charge in [-0.1, -0.05) is 0 Å². The fourth-order valence-corrected chi connectivity index (χ4v) is 1.56. The molecule has 0 saturated heterocycles. The monoisotopic (exact) mass is 355 g/mol. The molecular formula is C6H9Cl3N3O6P. The predicted octanol–water partition coefficient (Wildman–Crippen LogP) is 1.98. The van der Waals surface area contributed by atoms with Gasteiger partial charge < -0.3 is 29.5 Å². The van der Waals surface area contributed by atoms with E-state index < -0.39 is 26.9 Å². The molecule has 0 aliphatic carbocycles. The summed E-state index contributed by atoms with van der Waals surface area (Å²) >= 11 is 15.6. The van der Waals surface area contributed by atoms with Crippen LogP contribution in [-0.2, 0) is 13.6 Å². The SMILES string of the molecule is O=C(NCCl)OP(OC(=O)NCCl)OC(=O)NCCl. The molecule has 0 bridgehead atoms. The quantitative estimate of drug-likeness (QED) is 0.381. The van der Waals surface area contributed by atoms with E-state index in [1.165, 1.54) is 0 Å². The maximum Gasteiger partial charge on any atom is 0.540 e. The van der Waals surface area contributed by atoms with Crippen molar-refractivity contribution >= 4 is 61.7 Å². The van der Waals surface area contributed by atoms with E-state index in [0.29, 0.717) is 0 Å². The fourth-order valence-electron chi connectivity index (χ4n) is 0.519. The Hall–Kier alpha value is -0.890. The van der Waals surface area contributed by atoms with E-state index in [0.717, 1.165) is 0 Å². The van der Waals surface area contributed by atoms with Crippen molar-refractivity contribution in [2.75, 3.05) is 18.0 Å². The number of rotatable bonds is 6. The lowest BCUT2D eigenvalue weighted by Crippen LogP contribution is -2.27. The molecule has 0 saturated carbocycles. The zero-order valence-electron chi connectivity index (χ0n) is 9.15. The maximum atomic E-state index is 11.1. The van der Waals surface area contributed by atoms with Crippen LogP contribution in [0.3, 0.4) is 0 Å². The van der Waals surface area contributed by atoms with Crippen LogP contribution in [0.15, 0.2) is 0 Å². The van der Waals surface area contributed by atoms with Gasteiger partial charge in [-0.25, -0.2) is 14.4 Å². The molecule has 0 aliphatic rings. The highest BCUT2D eigenvalue weighted by molar-refractivity contribution is 7.43. The van der Waals surface area contributed by atoms with E-state index in [9.17, 15) is 14.4 Å². The second kappa shape index (κ2) is 11.0. The summed E-state index contributed by atoms with van der Waals surface area (Å²) < 4.78 is 13.5. The third kappa shape index (κ3) is 9.66. The van der Waals surface area contributed by atoms with Crippen LogP contribution < -0.4 is 16.0 Å². The first-order valence-corrected chi connectivity index (χ1v) is 7.08. The molecule has 3 amide bonds. The molecule has 0 aromatic rings. The Bertz CT molecular complexity index is 275. The maximum absolute atomic E-state index is 11.1. The first-order chi connectivity index (χ1) is 9.03. The van der Waals surface area contributed by atoms with Gasteiger partial charge in [0.05, 0.1) is 18.0 Å². The highest BCUT2D eigenvalue weighted by atomic mass is 35.5. The number of carbonyl (C=O) groups excluding carboxylic acids is 3. The van der Waals surface area contributed by atoms with Crippen molar-refractivity contribution in [1.29, 1.82) is 0 Å². The Balaban J connectivity index is 4.40. The second-order valence-corrected chi connectivity index (χ2v) is 4.09. The number of halogens is 3. The summed E-state index contributed by atoms with van der Waals surface area (Å²) in [5.41, 5.74) is 0. The van der Waals surface area contributed by atoms with Crippen molar-refractivity contribution in [2.24, 2.45) is 0 Å². The van der Waals surface area contributed by atoms with Crippen LogP contribution in [0.25, 0.3) is 0 Å². The molecular weight excluding hydrogens is 347 g/mol. The molecule has 110 valence electrons. The number of alkyl halides is 3. The van der Waals surface area contributed by atoms with Gasteiger partial charge in [-0.15, -0.1) is 34.8 Å². The summed E-state index contributed by atoms with van der Waals surface area (Å²) in [6.45, 7) is 0. The Morgan fingerprint density at radius 3 is 1.21 bits per heavy atom.